The molecule has 128 valence electrons. The molecule has 0 aromatic heterocycles. The van der Waals surface area contributed by atoms with Crippen LogP contribution in [0.1, 0.15) is 48.4 Å². The van der Waals surface area contributed by atoms with Gasteiger partial charge in [0, 0.05) is 23.7 Å². The number of carbonyl (C=O) groups is 1. The van der Waals surface area contributed by atoms with Gasteiger partial charge < -0.3 is 10.6 Å². The van der Waals surface area contributed by atoms with E-state index in [9.17, 15) is 4.79 Å². The molecule has 3 atom stereocenters. The molecule has 1 heterocycles. The topological polar surface area (TPSA) is 41.1 Å². The molecule has 2 aliphatic rings. The summed E-state index contributed by atoms with van der Waals surface area (Å²) in [5, 5.41) is 6.73. The van der Waals surface area contributed by atoms with Crippen molar-refractivity contribution >= 4 is 17.3 Å². The molecular formula is C22H24N2O. The molecule has 2 aromatic rings. The summed E-state index contributed by atoms with van der Waals surface area (Å²) in [6.07, 6.45) is 6.21. The standard InChI is InChI=1S/C22H24N2O/c1-3-21(25)23-16-10-11-20-19(13-16)17-8-5-9-18(17)22(24-20)15-7-4-6-14(2)12-15/h4-8,10-13,17-18,22,24H,3,9H2,1-2H3,(H,23,25). The summed E-state index contributed by atoms with van der Waals surface area (Å²) in [6.45, 7) is 4.02. The first-order valence-electron chi connectivity index (χ1n) is 9.09. The maximum atomic E-state index is 11.7. The third-order valence-electron chi connectivity index (χ3n) is 5.37. The monoisotopic (exact) mass is 332 g/mol. The Balaban J connectivity index is 1.70. The van der Waals surface area contributed by atoms with Crippen LogP contribution in [0.5, 0.6) is 0 Å². The van der Waals surface area contributed by atoms with Gasteiger partial charge in [0.25, 0.3) is 0 Å². The highest BCUT2D eigenvalue weighted by molar-refractivity contribution is 5.91. The minimum Gasteiger partial charge on any atom is -0.378 e. The Labute approximate surface area is 149 Å². The number of hydrogen-bond acceptors (Lipinski definition) is 2. The van der Waals surface area contributed by atoms with Gasteiger partial charge in [0.05, 0.1) is 6.04 Å². The van der Waals surface area contributed by atoms with Crippen LogP contribution in [0.25, 0.3) is 0 Å². The SMILES string of the molecule is CCC(=O)Nc1ccc2c(c1)C1C=CCC1C(c1cccc(C)c1)N2. The van der Waals surface area contributed by atoms with Crippen LogP contribution in [-0.4, -0.2) is 5.91 Å². The number of nitrogens with one attached hydrogen (secondary N) is 2. The lowest BCUT2D eigenvalue weighted by Crippen LogP contribution is -2.29. The molecule has 0 bridgehead atoms. The van der Waals surface area contributed by atoms with E-state index in [1.165, 1.54) is 22.4 Å². The summed E-state index contributed by atoms with van der Waals surface area (Å²) in [7, 11) is 0. The first-order chi connectivity index (χ1) is 12.2. The molecule has 1 amide bonds. The van der Waals surface area contributed by atoms with Gasteiger partial charge in [-0.05, 0) is 48.6 Å². The van der Waals surface area contributed by atoms with Crippen molar-refractivity contribution in [2.45, 2.75) is 38.6 Å². The minimum atomic E-state index is 0.0554. The molecule has 3 nitrogen and oxygen atoms in total. The third kappa shape index (κ3) is 2.95. The Morgan fingerprint density at radius 3 is 2.92 bits per heavy atom. The quantitative estimate of drug-likeness (QED) is 0.761. The molecule has 1 aliphatic heterocycles. The Kier molecular flexibility index (Phi) is 4.08. The molecule has 0 saturated heterocycles. The summed E-state index contributed by atoms with van der Waals surface area (Å²) in [6, 6.07) is 15.3. The number of rotatable bonds is 3. The second-order valence-corrected chi connectivity index (χ2v) is 7.09. The molecule has 2 aromatic carbocycles. The van der Waals surface area contributed by atoms with Crippen LogP contribution in [0.4, 0.5) is 11.4 Å². The molecule has 0 saturated carbocycles. The predicted molar refractivity (Wildman–Crippen MR) is 103 cm³/mol. The zero-order valence-electron chi connectivity index (χ0n) is 14.8. The van der Waals surface area contributed by atoms with E-state index in [0.717, 1.165) is 12.1 Å². The van der Waals surface area contributed by atoms with E-state index in [0.29, 0.717) is 24.3 Å². The first kappa shape index (κ1) is 15.9. The van der Waals surface area contributed by atoms with E-state index in [1.807, 2.05) is 13.0 Å². The van der Waals surface area contributed by atoms with Gasteiger partial charge in [-0.15, -0.1) is 0 Å². The van der Waals surface area contributed by atoms with Crippen molar-refractivity contribution in [1.29, 1.82) is 0 Å². The van der Waals surface area contributed by atoms with Gasteiger partial charge in [0.2, 0.25) is 5.91 Å². The van der Waals surface area contributed by atoms with Gasteiger partial charge in [0.15, 0.2) is 0 Å². The highest BCUT2D eigenvalue weighted by Gasteiger charge is 2.37. The Morgan fingerprint density at radius 1 is 1.24 bits per heavy atom. The van der Waals surface area contributed by atoms with Gasteiger partial charge in [-0.2, -0.15) is 0 Å². The summed E-state index contributed by atoms with van der Waals surface area (Å²) < 4.78 is 0. The van der Waals surface area contributed by atoms with Gasteiger partial charge in [0.1, 0.15) is 0 Å². The Hall–Kier alpha value is -2.55. The molecule has 3 heteroatoms. The van der Waals surface area contributed by atoms with E-state index in [-0.39, 0.29) is 5.91 Å². The molecular weight excluding hydrogens is 308 g/mol. The van der Waals surface area contributed by atoms with Crippen molar-refractivity contribution < 1.29 is 4.79 Å². The summed E-state index contributed by atoms with van der Waals surface area (Å²) in [5.41, 5.74) is 6.00. The van der Waals surface area contributed by atoms with Crippen LogP contribution in [-0.2, 0) is 4.79 Å². The van der Waals surface area contributed by atoms with Crippen LogP contribution in [0, 0.1) is 12.8 Å². The smallest absolute Gasteiger partial charge is 0.224 e. The molecule has 0 radical (unpaired) electrons. The Bertz CT molecular complexity index is 840. The fourth-order valence-electron chi connectivity index (χ4n) is 4.12. The molecule has 0 spiro atoms. The molecule has 0 fully saturated rings. The highest BCUT2D eigenvalue weighted by atomic mass is 16.1. The number of aryl methyl sites for hydroxylation is 1. The highest BCUT2D eigenvalue weighted by Crippen LogP contribution is 2.50. The lowest BCUT2D eigenvalue weighted by Gasteiger charge is -2.38. The fourth-order valence-corrected chi connectivity index (χ4v) is 4.12. The second kappa shape index (κ2) is 6.40. The zero-order valence-corrected chi connectivity index (χ0v) is 14.8. The lowest BCUT2D eigenvalue weighted by molar-refractivity contribution is -0.115. The lowest BCUT2D eigenvalue weighted by atomic mass is 9.77. The second-order valence-electron chi connectivity index (χ2n) is 7.09. The van der Waals surface area contributed by atoms with Crippen molar-refractivity contribution in [2.75, 3.05) is 10.6 Å². The van der Waals surface area contributed by atoms with E-state index in [1.54, 1.807) is 0 Å². The average molecular weight is 332 g/mol. The van der Waals surface area contributed by atoms with E-state index >= 15 is 0 Å². The number of hydrogen-bond donors (Lipinski definition) is 2. The van der Waals surface area contributed by atoms with Crippen LogP contribution < -0.4 is 10.6 Å². The summed E-state index contributed by atoms with van der Waals surface area (Å²) >= 11 is 0. The van der Waals surface area contributed by atoms with Crippen LogP contribution >= 0.6 is 0 Å². The van der Waals surface area contributed by atoms with Gasteiger partial charge in [-0.3, -0.25) is 4.79 Å². The average Bonchev–Trinajstić information content (AvgIpc) is 3.11. The van der Waals surface area contributed by atoms with Crippen molar-refractivity contribution in [2.24, 2.45) is 5.92 Å². The van der Waals surface area contributed by atoms with E-state index in [4.69, 9.17) is 0 Å². The van der Waals surface area contributed by atoms with Gasteiger partial charge in [-0.1, -0.05) is 48.9 Å². The minimum absolute atomic E-state index is 0.0554. The normalized spacial score (nSPS) is 23.5. The van der Waals surface area contributed by atoms with Crippen molar-refractivity contribution in [3.05, 3.63) is 71.3 Å². The number of amides is 1. The number of carbonyl (C=O) groups excluding carboxylic acids is 1. The van der Waals surface area contributed by atoms with Gasteiger partial charge >= 0.3 is 0 Å². The Morgan fingerprint density at radius 2 is 2.12 bits per heavy atom. The van der Waals surface area contributed by atoms with Crippen LogP contribution in [0.15, 0.2) is 54.6 Å². The first-order valence-corrected chi connectivity index (χ1v) is 9.09. The number of anilines is 2. The van der Waals surface area contributed by atoms with Crippen molar-refractivity contribution in [3.8, 4) is 0 Å². The third-order valence-corrected chi connectivity index (χ3v) is 5.37. The molecule has 2 N–H and O–H groups in total. The van der Waals surface area contributed by atoms with Gasteiger partial charge in [-0.25, -0.2) is 0 Å². The maximum Gasteiger partial charge on any atom is 0.224 e. The maximum absolute atomic E-state index is 11.7. The number of fused-ring (bicyclic) bond motifs is 3. The summed E-state index contributed by atoms with van der Waals surface area (Å²) in [5.74, 6) is 0.978. The van der Waals surface area contributed by atoms with E-state index in [2.05, 4.69) is 66.1 Å². The number of allylic oxidation sites excluding steroid dienone is 2. The fraction of sp³-hybridized carbons (Fsp3) is 0.318. The predicted octanol–water partition coefficient (Wildman–Crippen LogP) is 5.17. The molecule has 3 unspecified atom stereocenters. The van der Waals surface area contributed by atoms with Crippen LogP contribution in [0.2, 0.25) is 0 Å². The largest absolute Gasteiger partial charge is 0.378 e. The van der Waals surface area contributed by atoms with Crippen molar-refractivity contribution in [1.82, 2.24) is 0 Å². The van der Waals surface area contributed by atoms with E-state index < -0.39 is 0 Å². The summed E-state index contributed by atoms with van der Waals surface area (Å²) in [4.78, 5) is 11.7. The van der Waals surface area contributed by atoms with Crippen LogP contribution in [0.3, 0.4) is 0 Å². The number of benzene rings is 2. The molecule has 4 rings (SSSR count). The molecule has 1 aliphatic carbocycles. The zero-order chi connectivity index (χ0) is 17.4. The molecule has 25 heavy (non-hydrogen) atoms. The van der Waals surface area contributed by atoms with Crippen molar-refractivity contribution in [3.63, 3.8) is 0 Å².